The van der Waals surface area contributed by atoms with Crippen molar-refractivity contribution >= 4 is 24.2 Å². The van der Waals surface area contributed by atoms with Crippen molar-refractivity contribution in [3.63, 3.8) is 0 Å². The summed E-state index contributed by atoms with van der Waals surface area (Å²) in [4.78, 5) is 0. The monoisotopic (exact) mass is 527 g/mol. The van der Waals surface area contributed by atoms with Gasteiger partial charge in [-0.1, -0.05) is 123 Å². The molecule has 3 heteroatoms. The number of rotatable bonds is 6. The Morgan fingerprint density at radius 1 is 0.657 bits per heavy atom. The van der Waals surface area contributed by atoms with E-state index in [9.17, 15) is 0 Å². The van der Waals surface area contributed by atoms with Crippen LogP contribution in [0.3, 0.4) is 0 Å². The van der Waals surface area contributed by atoms with Gasteiger partial charge in [0.15, 0.2) is 0 Å². The third kappa shape index (κ3) is 7.69. The molecule has 3 aromatic carbocycles. The normalized spacial score (nSPS) is 16.3. The van der Waals surface area contributed by atoms with Crippen molar-refractivity contribution in [2.75, 3.05) is 5.32 Å². The van der Waals surface area contributed by atoms with Gasteiger partial charge in [0.25, 0.3) is 0 Å². The second-order valence-corrected chi connectivity index (χ2v) is 12.5. The van der Waals surface area contributed by atoms with Crippen LogP contribution in [0, 0.1) is 26.7 Å². The molecule has 1 N–H and O–H groups in total. The van der Waals surface area contributed by atoms with Crippen LogP contribution in [0.15, 0.2) is 72.8 Å². The Hall–Kier alpha value is -1.59. The molecule has 0 spiro atoms. The van der Waals surface area contributed by atoms with Gasteiger partial charge in [-0.2, -0.15) is 0 Å². The van der Waals surface area contributed by atoms with Crippen molar-refractivity contribution in [1.82, 2.24) is 0 Å². The van der Waals surface area contributed by atoms with Gasteiger partial charge in [0.05, 0.1) is 5.78 Å². The van der Waals surface area contributed by atoms with Crippen LogP contribution < -0.4 is 15.9 Å². The Morgan fingerprint density at radius 3 is 1.51 bits per heavy atom. The molecular formula is C32H42FeNP. The number of aryl methyl sites for hydroxylation is 3. The van der Waals surface area contributed by atoms with E-state index in [2.05, 4.69) is 98.9 Å². The Bertz CT molecular complexity index is 940. The van der Waals surface area contributed by atoms with Gasteiger partial charge in [0, 0.05) is 22.8 Å². The smallest absolute Gasteiger partial charge is 0.0569 e. The van der Waals surface area contributed by atoms with Crippen LogP contribution in [0.1, 0.15) is 74.5 Å². The molecule has 0 amide bonds. The Labute approximate surface area is 225 Å². The minimum absolute atomic E-state index is 0. The maximum atomic E-state index is 4.11. The van der Waals surface area contributed by atoms with E-state index in [0.29, 0.717) is 5.78 Å². The summed E-state index contributed by atoms with van der Waals surface area (Å²) >= 11 is 0. The Kier molecular flexibility index (Phi) is 11.4. The predicted molar refractivity (Wildman–Crippen MR) is 152 cm³/mol. The van der Waals surface area contributed by atoms with Gasteiger partial charge in [-0.05, 0) is 69.2 Å². The van der Waals surface area contributed by atoms with Gasteiger partial charge in [-0.25, -0.2) is 0 Å². The van der Waals surface area contributed by atoms with Crippen molar-refractivity contribution in [1.29, 1.82) is 0 Å². The topological polar surface area (TPSA) is 12.0 Å². The first-order chi connectivity index (χ1) is 16.6. The maximum absolute atomic E-state index is 4.11. The van der Waals surface area contributed by atoms with Crippen LogP contribution in [0.5, 0.6) is 0 Å². The minimum atomic E-state index is -0.493. The zero-order valence-electron chi connectivity index (χ0n) is 21.7. The average molecular weight is 528 g/mol. The molecule has 3 aromatic rings. The van der Waals surface area contributed by atoms with Crippen molar-refractivity contribution in [2.24, 2.45) is 5.92 Å². The van der Waals surface area contributed by atoms with Crippen LogP contribution in [-0.4, -0.2) is 5.78 Å². The number of hydrogen-bond donors (Lipinski definition) is 1. The summed E-state index contributed by atoms with van der Waals surface area (Å²) in [6.07, 6.45) is 12.9. The third-order valence-corrected chi connectivity index (χ3v) is 10.2. The Balaban J connectivity index is 0.000000509. The molecule has 0 radical (unpaired) electrons. The van der Waals surface area contributed by atoms with E-state index in [4.69, 9.17) is 0 Å². The second-order valence-electron chi connectivity index (χ2n) is 10.2. The van der Waals surface area contributed by atoms with Gasteiger partial charge >= 0.3 is 0 Å². The molecule has 1 atom stereocenters. The second kappa shape index (κ2) is 14.2. The molecule has 2 fully saturated rings. The SMILES string of the molecule is C1CCCC1.Cc1cc(C)c(NC(C2CCCC2)P(c2ccccc2)c2ccccc2)c(C)c1.[Fe]. The molecule has 2 aliphatic carbocycles. The van der Waals surface area contributed by atoms with E-state index >= 15 is 0 Å². The molecule has 1 unspecified atom stereocenters. The van der Waals surface area contributed by atoms with E-state index in [0.717, 1.165) is 5.92 Å². The van der Waals surface area contributed by atoms with E-state index in [1.165, 1.54) is 90.8 Å². The van der Waals surface area contributed by atoms with Crippen molar-refractivity contribution in [2.45, 2.75) is 84.3 Å². The molecule has 2 aliphatic rings. The first kappa shape index (κ1) is 28.0. The maximum Gasteiger partial charge on any atom is 0.0569 e. The molecule has 0 aromatic heterocycles. The summed E-state index contributed by atoms with van der Waals surface area (Å²) in [5.74, 6) is 1.18. The standard InChI is InChI=1S/C27H32NP.C5H10.Fe/c1-20-18-21(2)26(22(3)19-20)28-27(23-12-10-11-13-23)29(24-14-6-4-7-15-24)25-16-8-5-9-17-25;1-2-4-5-3-1;/h4-9,14-19,23,27-28H,10-13H2,1-3H3;1-5H2;. The van der Waals surface area contributed by atoms with Gasteiger partial charge in [-0.3, -0.25) is 0 Å². The summed E-state index contributed by atoms with van der Waals surface area (Å²) < 4.78 is 0. The number of nitrogens with one attached hydrogen (secondary N) is 1. The van der Waals surface area contributed by atoms with Crippen LogP contribution in [0.25, 0.3) is 0 Å². The van der Waals surface area contributed by atoms with Gasteiger partial charge in [0.2, 0.25) is 0 Å². The molecule has 5 rings (SSSR count). The van der Waals surface area contributed by atoms with Crippen LogP contribution >= 0.6 is 7.92 Å². The van der Waals surface area contributed by atoms with Crippen LogP contribution in [0.2, 0.25) is 0 Å². The fraction of sp³-hybridized carbons (Fsp3) is 0.438. The van der Waals surface area contributed by atoms with Gasteiger partial charge in [-0.15, -0.1) is 0 Å². The fourth-order valence-electron chi connectivity index (χ4n) is 5.75. The van der Waals surface area contributed by atoms with Gasteiger partial charge < -0.3 is 5.32 Å². The zero-order chi connectivity index (χ0) is 23.8. The summed E-state index contributed by atoms with van der Waals surface area (Å²) in [7, 11) is -0.493. The molecular weight excluding hydrogens is 485 g/mol. The number of hydrogen-bond acceptors (Lipinski definition) is 1. The predicted octanol–water partition coefficient (Wildman–Crippen LogP) is 8.62. The molecule has 1 nitrogen and oxygen atoms in total. The molecule has 0 saturated heterocycles. The third-order valence-electron chi connectivity index (χ3n) is 7.41. The fourth-order valence-corrected chi connectivity index (χ4v) is 8.66. The summed E-state index contributed by atoms with van der Waals surface area (Å²) in [5.41, 5.74) is 5.41. The largest absolute Gasteiger partial charge is 0.377 e. The Morgan fingerprint density at radius 2 is 1.09 bits per heavy atom. The molecule has 188 valence electrons. The zero-order valence-corrected chi connectivity index (χ0v) is 23.7. The first-order valence-electron chi connectivity index (χ1n) is 13.4. The molecule has 0 heterocycles. The molecule has 0 aliphatic heterocycles. The average Bonchev–Trinajstić information content (AvgIpc) is 3.59. The number of benzene rings is 3. The van der Waals surface area contributed by atoms with E-state index in [1.54, 1.807) is 0 Å². The van der Waals surface area contributed by atoms with Crippen molar-refractivity contribution < 1.29 is 17.1 Å². The summed E-state index contributed by atoms with van der Waals surface area (Å²) in [6, 6.07) is 27.0. The van der Waals surface area contributed by atoms with Crippen LogP contribution in [0.4, 0.5) is 5.69 Å². The van der Waals surface area contributed by atoms with Crippen molar-refractivity contribution in [3.05, 3.63) is 89.5 Å². The van der Waals surface area contributed by atoms with E-state index < -0.39 is 7.92 Å². The summed E-state index contributed by atoms with van der Waals surface area (Å²) in [6.45, 7) is 6.70. The quantitative estimate of drug-likeness (QED) is 0.250. The first-order valence-corrected chi connectivity index (χ1v) is 14.8. The molecule has 35 heavy (non-hydrogen) atoms. The van der Waals surface area contributed by atoms with E-state index in [-0.39, 0.29) is 17.1 Å². The van der Waals surface area contributed by atoms with E-state index in [1.807, 2.05) is 0 Å². The summed E-state index contributed by atoms with van der Waals surface area (Å²) in [5, 5.41) is 7.06. The number of anilines is 1. The van der Waals surface area contributed by atoms with Gasteiger partial charge in [0.1, 0.15) is 0 Å². The van der Waals surface area contributed by atoms with Crippen molar-refractivity contribution in [3.8, 4) is 0 Å². The van der Waals surface area contributed by atoms with Crippen LogP contribution in [-0.2, 0) is 17.1 Å². The minimum Gasteiger partial charge on any atom is -0.377 e. The molecule has 2 saturated carbocycles. The molecule has 0 bridgehead atoms.